The van der Waals surface area contributed by atoms with E-state index in [0.717, 1.165) is 25.6 Å². The number of hydrogen-bond donors (Lipinski definition) is 1. The molecule has 2 aliphatic rings. The lowest BCUT2D eigenvalue weighted by molar-refractivity contribution is -0.129. The van der Waals surface area contributed by atoms with Crippen LogP contribution >= 0.6 is 11.3 Å². The van der Waals surface area contributed by atoms with E-state index in [0.29, 0.717) is 5.92 Å². The summed E-state index contributed by atoms with van der Waals surface area (Å²) in [5.74, 6) is 0.750. The Balaban J connectivity index is 1.69. The number of carbonyl (C=O) groups is 1. The molecule has 3 rings (SSSR count). The standard InChI is InChI=1S/C17H26N2OS/c1-17(2,3)16(20)18-13-9-12(15-5-4-8-21-15)10-19(11-13)14-6-7-14/h4-5,8,12-14H,6-7,9-11H2,1-3H3,(H,18,20). The summed E-state index contributed by atoms with van der Waals surface area (Å²) in [6.07, 6.45) is 3.74. The van der Waals surface area contributed by atoms with Gasteiger partial charge in [-0.15, -0.1) is 11.3 Å². The van der Waals surface area contributed by atoms with E-state index in [1.165, 1.54) is 17.7 Å². The third kappa shape index (κ3) is 3.67. The van der Waals surface area contributed by atoms with Crippen LogP contribution < -0.4 is 5.32 Å². The minimum Gasteiger partial charge on any atom is -0.352 e. The summed E-state index contributed by atoms with van der Waals surface area (Å²) in [4.78, 5) is 16.4. The SMILES string of the molecule is CC(C)(C)C(=O)NC1CC(c2cccs2)CN(C2CC2)C1. The van der Waals surface area contributed by atoms with Crippen LogP contribution in [0.1, 0.15) is 50.8 Å². The molecule has 1 aliphatic heterocycles. The van der Waals surface area contributed by atoms with Crippen LogP contribution in [0.5, 0.6) is 0 Å². The summed E-state index contributed by atoms with van der Waals surface area (Å²) in [7, 11) is 0. The predicted octanol–water partition coefficient (Wildman–Crippen LogP) is 3.23. The highest BCUT2D eigenvalue weighted by molar-refractivity contribution is 7.10. The van der Waals surface area contributed by atoms with Crippen LogP contribution in [0.25, 0.3) is 0 Å². The third-order valence-electron chi connectivity index (χ3n) is 4.50. The van der Waals surface area contributed by atoms with Gasteiger partial charge in [0.25, 0.3) is 0 Å². The molecule has 0 radical (unpaired) electrons. The first-order valence-corrected chi connectivity index (χ1v) is 8.90. The zero-order valence-electron chi connectivity index (χ0n) is 13.3. The maximum absolute atomic E-state index is 12.3. The highest BCUT2D eigenvalue weighted by atomic mass is 32.1. The molecule has 116 valence electrons. The van der Waals surface area contributed by atoms with Gasteiger partial charge in [0.15, 0.2) is 0 Å². The van der Waals surface area contributed by atoms with Crippen LogP contribution in [-0.2, 0) is 4.79 Å². The molecule has 0 aromatic carbocycles. The Kier molecular flexibility index (Phi) is 4.10. The number of nitrogens with one attached hydrogen (secondary N) is 1. The first-order valence-electron chi connectivity index (χ1n) is 8.02. The Bertz CT molecular complexity index is 487. The Morgan fingerprint density at radius 2 is 2.10 bits per heavy atom. The van der Waals surface area contributed by atoms with E-state index in [-0.39, 0.29) is 17.4 Å². The van der Waals surface area contributed by atoms with Gasteiger partial charge in [0, 0.05) is 41.4 Å². The predicted molar refractivity (Wildman–Crippen MR) is 87.7 cm³/mol. The molecule has 1 amide bonds. The molecular weight excluding hydrogens is 280 g/mol. The van der Waals surface area contributed by atoms with Crippen LogP contribution in [0.3, 0.4) is 0 Å². The molecule has 0 spiro atoms. The first kappa shape index (κ1) is 15.0. The van der Waals surface area contributed by atoms with E-state index >= 15 is 0 Å². The number of piperidine rings is 1. The van der Waals surface area contributed by atoms with Crippen LogP contribution in [0, 0.1) is 5.41 Å². The lowest BCUT2D eigenvalue weighted by Crippen LogP contribution is -2.52. The number of nitrogens with zero attached hydrogens (tertiary/aromatic N) is 1. The fraction of sp³-hybridized carbons (Fsp3) is 0.706. The van der Waals surface area contributed by atoms with Crippen molar-refractivity contribution in [3.63, 3.8) is 0 Å². The largest absolute Gasteiger partial charge is 0.352 e. The first-order chi connectivity index (χ1) is 9.93. The lowest BCUT2D eigenvalue weighted by atomic mass is 9.90. The van der Waals surface area contributed by atoms with Crippen molar-refractivity contribution in [1.29, 1.82) is 0 Å². The summed E-state index contributed by atoms with van der Waals surface area (Å²) < 4.78 is 0. The number of thiophene rings is 1. The van der Waals surface area contributed by atoms with Gasteiger partial charge in [0.05, 0.1) is 0 Å². The molecule has 2 fully saturated rings. The highest BCUT2D eigenvalue weighted by Gasteiger charge is 2.38. The number of rotatable bonds is 3. The molecule has 2 atom stereocenters. The molecule has 1 aromatic rings. The number of amides is 1. The lowest BCUT2D eigenvalue weighted by Gasteiger charge is -2.39. The molecular formula is C17H26N2OS. The van der Waals surface area contributed by atoms with Gasteiger partial charge < -0.3 is 5.32 Å². The average Bonchev–Trinajstić information content (AvgIpc) is 3.12. The smallest absolute Gasteiger partial charge is 0.225 e. The van der Waals surface area contributed by atoms with E-state index in [9.17, 15) is 4.79 Å². The molecule has 3 nitrogen and oxygen atoms in total. The van der Waals surface area contributed by atoms with E-state index in [4.69, 9.17) is 0 Å². The second-order valence-corrected chi connectivity index (χ2v) is 8.53. The van der Waals surface area contributed by atoms with Gasteiger partial charge in [0.2, 0.25) is 5.91 Å². The van der Waals surface area contributed by atoms with Crippen LogP contribution in [0.4, 0.5) is 0 Å². The van der Waals surface area contributed by atoms with Crippen molar-refractivity contribution < 1.29 is 4.79 Å². The maximum Gasteiger partial charge on any atom is 0.225 e. The molecule has 0 bridgehead atoms. The van der Waals surface area contributed by atoms with E-state index in [2.05, 4.69) is 27.7 Å². The summed E-state index contributed by atoms with van der Waals surface area (Å²) in [6, 6.07) is 5.44. The molecule has 1 aliphatic carbocycles. The molecule has 1 saturated carbocycles. The summed E-state index contributed by atoms with van der Waals surface area (Å²) >= 11 is 1.85. The van der Waals surface area contributed by atoms with Crippen molar-refractivity contribution in [2.45, 2.75) is 58.0 Å². The molecule has 4 heteroatoms. The Morgan fingerprint density at radius 3 is 2.67 bits per heavy atom. The third-order valence-corrected chi connectivity index (χ3v) is 5.54. The number of likely N-dealkylation sites (tertiary alicyclic amines) is 1. The number of carbonyl (C=O) groups excluding carboxylic acids is 1. The van der Waals surface area contributed by atoms with Crippen LogP contribution in [0.15, 0.2) is 17.5 Å². The Hall–Kier alpha value is -0.870. The highest BCUT2D eigenvalue weighted by Crippen LogP contribution is 2.36. The number of hydrogen-bond acceptors (Lipinski definition) is 3. The van der Waals surface area contributed by atoms with Crippen molar-refractivity contribution in [1.82, 2.24) is 10.2 Å². The van der Waals surface area contributed by atoms with Crippen LogP contribution in [0.2, 0.25) is 0 Å². The molecule has 2 heterocycles. The molecule has 1 aromatic heterocycles. The fourth-order valence-corrected chi connectivity index (χ4v) is 3.94. The quantitative estimate of drug-likeness (QED) is 0.930. The van der Waals surface area contributed by atoms with Gasteiger partial charge in [-0.25, -0.2) is 0 Å². The molecule has 1 N–H and O–H groups in total. The van der Waals surface area contributed by atoms with Crippen molar-refractivity contribution in [2.24, 2.45) is 5.41 Å². The maximum atomic E-state index is 12.3. The van der Waals surface area contributed by atoms with Gasteiger partial charge in [-0.1, -0.05) is 26.8 Å². The molecule has 1 saturated heterocycles. The van der Waals surface area contributed by atoms with Gasteiger partial charge >= 0.3 is 0 Å². The molecule has 21 heavy (non-hydrogen) atoms. The van der Waals surface area contributed by atoms with Gasteiger partial charge in [-0.3, -0.25) is 9.69 Å². The Morgan fingerprint density at radius 1 is 1.33 bits per heavy atom. The van der Waals surface area contributed by atoms with Crippen LogP contribution in [-0.4, -0.2) is 36.0 Å². The second kappa shape index (κ2) is 5.73. The van der Waals surface area contributed by atoms with Crippen molar-refractivity contribution in [3.8, 4) is 0 Å². The summed E-state index contributed by atoms with van der Waals surface area (Å²) in [5, 5.41) is 5.45. The monoisotopic (exact) mass is 306 g/mol. The van der Waals surface area contributed by atoms with E-state index in [1.54, 1.807) is 0 Å². The van der Waals surface area contributed by atoms with Crippen molar-refractivity contribution in [3.05, 3.63) is 22.4 Å². The van der Waals surface area contributed by atoms with Crippen molar-refractivity contribution >= 4 is 17.2 Å². The van der Waals surface area contributed by atoms with E-state index < -0.39 is 0 Å². The summed E-state index contributed by atoms with van der Waals surface area (Å²) in [6.45, 7) is 8.14. The van der Waals surface area contributed by atoms with Gasteiger partial charge in [-0.2, -0.15) is 0 Å². The van der Waals surface area contributed by atoms with Gasteiger partial charge in [-0.05, 0) is 30.7 Å². The zero-order valence-corrected chi connectivity index (χ0v) is 14.1. The fourth-order valence-electron chi connectivity index (χ4n) is 3.11. The topological polar surface area (TPSA) is 32.3 Å². The summed E-state index contributed by atoms with van der Waals surface area (Å²) in [5.41, 5.74) is -0.305. The normalized spacial score (nSPS) is 27.6. The van der Waals surface area contributed by atoms with E-state index in [1.807, 2.05) is 32.1 Å². The van der Waals surface area contributed by atoms with Crippen molar-refractivity contribution in [2.75, 3.05) is 13.1 Å². The van der Waals surface area contributed by atoms with Gasteiger partial charge in [0.1, 0.15) is 0 Å². The average molecular weight is 306 g/mol. The minimum atomic E-state index is -0.305. The molecule has 2 unspecified atom stereocenters. The Labute approximate surface area is 131 Å². The second-order valence-electron chi connectivity index (χ2n) is 7.55. The zero-order chi connectivity index (χ0) is 15.0. The minimum absolute atomic E-state index is 0.176.